The van der Waals surface area contributed by atoms with Gasteiger partial charge in [0.05, 0.1) is 22.8 Å². The third kappa shape index (κ3) is 2.73. The number of hydrogen-bond acceptors (Lipinski definition) is 5. The van der Waals surface area contributed by atoms with Crippen molar-refractivity contribution in [2.45, 2.75) is 38.0 Å². The van der Waals surface area contributed by atoms with Gasteiger partial charge in [0.15, 0.2) is 0 Å². The van der Waals surface area contributed by atoms with Crippen molar-refractivity contribution >= 4 is 11.0 Å². The highest BCUT2D eigenvalue weighted by molar-refractivity contribution is 5.73. The Hall–Kier alpha value is -1.72. The smallest absolute Gasteiger partial charge is 0.233 e. The van der Waals surface area contributed by atoms with Gasteiger partial charge in [-0.25, -0.2) is 9.97 Å². The van der Waals surface area contributed by atoms with Gasteiger partial charge in [-0.15, -0.1) is 0 Å². The summed E-state index contributed by atoms with van der Waals surface area (Å²) in [7, 11) is 0. The summed E-state index contributed by atoms with van der Waals surface area (Å²) in [5, 5.41) is 13.3. The van der Waals surface area contributed by atoms with Gasteiger partial charge < -0.3 is 15.2 Å². The average Bonchev–Trinajstić information content (AvgIpc) is 2.87. The van der Waals surface area contributed by atoms with Crippen molar-refractivity contribution < 1.29 is 9.84 Å². The molecule has 5 heteroatoms. The van der Waals surface area contributed by atoms with E-state index in [0.717, 1.165) is 17.5 Å². The van der Waals surface area contributed by atoms with E-state index in [4.69, 9.17) is 4.74 Å². The fourth-order valence-electron chi connectivity index (χ4n) is 2.50. The lowest BCUT2D eigenvalue weighted by Crippen LogP contribution is -2.42. The van der Waals surface area contributed by atoms with Gasteiger partial charge in [0.1, 0.15) is 6.10 Å². The van der Waals surface area contributed by atoms with Crippen molar-refractivity contribution in [1.82, 2.24) is 15.3 Å². The van der Waals surface area contributed by atoms with Gasteiger partial charge in [-0.1, -0.05) is 12.1 Å². The van der Waals surface area contributed by atoms with E-state index in [9.17, 15) is 5.11 Å². The van der Waals surface area contributed by atoms with Crippen molar-refractivity contribution in [2.24, 2.45) is 0 Å². The predicted octanol–water partition coefficient (Wildman–Crippen LogP) is 1.51. The van der Waals surface area contributed by atoms with Crippen LogP contribution in [0, 0.1) is 0 Å². The number of para-hydroxylation sites is 2. The normalized spacial score (nSPS) is 23.1. The Morgan fingerprint density at radius 3 is 2.75 bits per heavy atom. The second kappa shape index (κ2) is 5.00. The van der Waals surface area contributed by atoms with Crippen LogP contribution in [-0.4, -0.2) is 39.4 Å². The number of benzene rings is 1. The van der Waals surface area contributed by atoms with Crippen LogP contribution in [0.2, 0.25) is 0 Å². The summed E-state index contributed by atoms with van der Waals surface area (Å²) in [4.78, 5) is 8.78. The Morgan fingerprint density at radius 2 is 2.05 bits per heavy atom. The van der Waals surface area contributed by atoms with Crippen LogP contribution in [-0.2, 0) is 0 Å². The van der Waals surface area contributed by atoms with Crippen molar-refractivity contribution in [3.63, 3.8) is 0 Å². The van der Waals surface area contributed by atoms with Gasteiger partial charge in [-0.05, 0) is 26.0 Å². The highest BCUT2D eigenvalue weighted by atomic mass is 16.5. The Morgan fingerprint density at radius 1 is 1.30 bits per heavy atom. The van der Waals surface area contributed by atoms with Gasteiger partial charge >= 0.3 is 0 Å². The number of rotatable bonds is 3. The molecule has 3 rings (SSSR count). The number of ether oxygens (including phenoxy) is 1. The van der Waals surface area contributed by atoms with Crippen molar-refractivity contribution in [3.05, 3.63) is 30.5 Å². The van der Waals surface area contributed by atoms with Gasteiger partial charge in [0.2, 0.25) is 5.88 Å². The number of hydrogen-bond donors (Lipinski definition) is 2. The first-order valence-corrected chi connectivity index (χ1v) is 6.86. The number of nitrogens with zero attached hydrogens (tertiary/aromatic N) is 2. The fourth-order valence-corrected chi connectivity index (χ4v) is 2.50. The van der Waals surface area contributed by atoms with E-state index in [1.165, 1.54) is 0 Å². The first kappa shape index (κ1) is 13.3. The Labute approximate surface area is 118 Å². The number of aliphatic hydroxyl groups is 1. The van der Waals surface area contributed by atoms with E-state index >= 15 is 0 Å². The molecule has 2 heterocycles. The maximum absolute atomic E-state index is 10.00. The second-order valence-corrected chi connectivity index (χ2v) is 5.79. The maximum atomic E-state index is 10.00. The first-order chi connectivity index (χ1) is 9.52. The monoisotopic (exact) mass is 273 g/mol. The Bertz CT molecular complexity index is 609. The van der Waals surface area contributed by atoms with E-state index < -0.39 is 5.60 Å². The third-order valence-electron chi connectivity index (χ3n) is 3.66. The molecule has 0 aliphatic carbocycles. The van der Waals surface area contributed by atoms with E-state index in [-0.39, 0.29) is 12.1 Å². The SMILES string of the molecule is CC(C)(O)C1CC(Oc2cnc3ccccc3n2)CN1. The molecule has 1 aromatic carbocycles. The molecule has 1 aliphatic rings. The van der Waals surface area contributed by atoms with Gasteiger partial charge in [-0.3, -0.25) is 0 Å². The van der Waals surface area contributed by atoms with E-state index in [1.807, 2.05) is 38.1 Å². The molecule has 2 atom stereocenters. The minimum atomic E-state index is -0.743. The first-order valence-electron chi connectivity index (χ1n) is 6.86. The average molecular weight is 273 g/mol. The fraction of sp³-hybridized carbons (Fsp3) is 0.467. The lowest BCUT2D eigenvalue weighted by Gasteiger charge is -2.25. The molecule has 2 unspecified atom stereocenters. The molecule has 20 heavy (non-hydrogen) atoms. The molecule has 2 N–H and O–H groups in total. The van der Waals surface area contributed by atoms with Crippen LogP contribution in [0.25, 0.3) is 11.0 Å². The quantitative estimate of drug-likeness (QED) is 0.887. The zero-order valence-corrected chi connectivity index (χ0v) is 11.7. The number of aromatic nitrogens is 2. The van der Waals surface area contributed by atoms with Crippen LogP contribution in [0.5, 0.6) is 5.88 Å². The molecule has 106 valence electrons. The summed E-state index contributed by atoms with van der Waals surface area (Å²) >= 11 is 0. The molecule has 0 saturated carbocycles. The standard InChI is InChI=1S/C15H19N3O2/c1-15(2,19)13-7-10(8-17-13)20-14-9-16-11-5-3-4-6-12(11)18-14/h3-6,9-10,13,17,19H,7-8H2,1-2H3. The summed E-state index contributed by atoms with van der Waals surface area (Å²) in [5.41, 5.74) is 0.946. The Balaban J connectivity index is 1.71. The summed E-state index contributed by atoms with van der Waals surface area (Å²) < 4.78 is 5.86. The van der Waals surface area contributed by atoms with Crippen LogP contribution in [0.1, 0.15) is 20.3 Å². The van der Waals surface area contributed by atoms with Gasteiger partial charge in [-0.2, -0.15) is 0 Å². The maximum Gasteiger partial charge on any atom is 0.233 e. The minimum absolute atomic E-state index is 0.0156. The molecule has 2 aromatic rings. The molecule has 1 aliphatic heterocycles. The van der Waals surface area contributed by atoms with Crippen molar-refractivity contribution in [2.75, 3.05) is 6.54 Å². The highest BCUT2D eigenvalue weighted by Gasteiger charge is 2.35. The topological polar surface area (TPSA) is 67.3 Å². The Kier molecular flexibility index (Phi) is 3.31. The van der Waals surface area contributed by atoms with E-state index in [0.29, 0.717) is 12.4 Å². The van der Waals surface area contributed by atoms with Crippen molar-refractivity contribution in [1.29, 1.82) is 0 Å². The summed E-state index contributed by atoms with van der Waals surface area (Å²) in [6.07, 6.45) is 2.43. The molecule has 5 nitrogen and oxygen atoms in total. The van der Waals surface area contributed by atoms with Crippen LogP contribution < -0.4 is 10.1 Å². The lowest BCUT2D eigenvalue weighted by atomic mass is 9.97. The molecule has 0 radical (unpaired) electrons. The molecule has 1 saturated heterocycles. The second-order valence-electron chi connectivity index (χ2n) is 5.79. The van der Waals surface area contributed by atoms with Crippen LogP contribution in [0.4, 0.5) is 0 Å². The zero-order valence-electron chi connectivity index (χ0n) is 11.7. The van der Waals surface area contributed by atoms with Gasteiger partial charge in [0.25, 0.3) is 0 Å². The molecule has 1 aromatic heterocycles. The van der Waals surface area contributed by atoms with Crippen LogP contribution in [0.15, 0.2) is 30.5 Å². The molecule has 1 fully saturated rings. The summed E-state index contributed by atoms with van der Waals surface area (Å²) in [6, 6.07) is 7.75. The van der Waals surface area contributed by atoms with Crippen LogP contribution >= 0.6 is 0 Å². The summed E-state index contributed by atoms with van der Waals surface area (Å²) in [5.74, 6) is 0.534. The molecular formula is C15H19N3O2. The molecular weight excluding hydrogens is 254 g/mol. The molecule has 0 amide bonds. The van der Waals surface area contributed by atoms with Gasteiger partial charge in [0, 0.05) is 19.0 Å². The number of nitrogens with one attached hydrogen (secondary N) is 1. The number of fused-ring (bicyclic) bond motifs is 1. The zero-order chi connectivity index (χ0) is 14.2. The van der Waals surface area contributed by atoms with Crippen LogP contribution in [0.3, 0.4) is 0 Å². The van der Waals surface area contributed by atoms with E-state index in [1.54, 1.807) is 6.20 Å². The largest absolute Gasteiger partial charge is 0.472 e. The van der Waals surface area contributed by atoms with Crippen molar-refractivity contribution in [3.8, 4) is 5.88 Å². The third-order valence-corrected chi connectivity index (χ3v) is 3.66. The predicted molar refractivity (Wildman–Crippen MR) is 76.7 cm³/mol. The lowest BCUT2D eigenvalue weighted by molar-refractivity contribution is 0.0411. The summed E-state index contributed by atoms with van der Waals surface area (Å²) in [6.45, 7) is 4.33. The molecule has 0 spiro atoms. The van der Waals surface area contributed by atoms with E-state index in [2.05, 4.69) is 15.3 Å². The molecule has 0 bridgehead atoms. The minimum Gasteiger partial charge on any atom is -0.472 e. The highest BCUT2D eigenvalue weighted by Crippen LogP contribution is 2.22.